The lowest BCUT2D eigenvalue weighted by atomic mass is 9.98. The molecule has 0 saturated heterocycles. The number of rotatable bonds is 7. The van der Waals surface area contributed by atoms with Crippen molar-refractivity contribution in [2.75, 3.05) is 13.7 Å². The van der Waals surface area contributed by atoms with Crippen LogP contribution in [0.1, 0.15) is 38.2 Å². The number of carbonyl (C=O) groups is 2. The summed E-state index contributed by atoms with van der Waals surface area (Å²) in [6.45, 7) is 5.53. The molecule has 31 heavy (non-hydrogen) atoms. The summed E-state index contributed by atoms with van der Waals surface area (Å²) in [5.74, 6) is -0.142. The van der Waals surface area contributed by atoms with Gasteiger partial charge in [0, 0.05) is 11.1 Å². The smallest absolute Gasteiger partial charge is 0.339 e. The molecule has 0 aliphatic heterocycles. The van der Waals surface area contributed by atoms with Gasteiger partial charge in [-0.25, -0.2) is 4.79 Å². The van der Waals surface area contributed by atoms with Crippen LogP contribution in [0, 0.1) is 20.8 Å². The zero-order valence-electron chi connectivity index (χ0n) is 18.3. The predicted molar refractivity (Wildman–Crippen MR) is 123 cm³/mol. The van der Waals surface area contributed by atoms with Gasteiger partial charge in [-0.1, -0.05) is 54.6 Å². The van der Waals surface area contributed by atoms with Crippen LogP contribution in [-0.2, 0) is 9.53 Å². The number of carbonyl (C=O) groups excluding carboxylic acids is 2. The molecule has 3 aromatic rings. The molecule has 4 nitrogen and oxygen atoms in total. The van der Waals surface area contributed by atoms with Crippen LogP contribution >= 0.6 is 0 Å². The largest absolute Gasteiger partial charge is 0.496 e. The molecule has 0 unspecified atom stereocenters. The summed E-state index contributed by atoms with van der Waals surface area (Å²) in [5.41, 5.74) is 5.40. The Morgan fingerprint density at radius 1 is 0.839 bits per heavy atom. The first-order chi connectivity index (χ1) is 14.9. The zero-order valence-corrected chi connectivity index (χ0v) is 18.3. The highest BCUT2D eigenvalue weighted by Crippen LogP contribution is 2.26. The third kappa shape index (κ3) is 5.28. The fourth-order valence-electron chi connectivity index (χ4n) is 3.37. The van der Waals surface area contributed by atoms with Crippen LogP contribution in [0.3, 0.4) is 0 Å². The molecule has 0 aliphatic rings. The number of ketones is 1. The van der Waals surface area contributed by atoms with Crippen molar-refractivity contribution in [3.8, 4) is 5.75 Å². The summed E-state index contributed by atoms with van der Waals surface area (Å²) in [6, 6.07) is 20.5. The van der Waals surface area contributed by atoms with Gasteiger partial charge in [-0.05, 0) is 61.2 Å². The van der Waals surface area contributed by atoms with E-state index >= 15 is 0 Å². The van der Waals surface area contributed by atoms with Gasteiger partial charge < -0.3 is 9.47 Å². The van der Waals surface area contributed by atoms with E-state index in [1.165, 1.54) is 0 Å². The number of esters is 1. The van der Waals surface area contributed by atoms with Crippen molar-refractivity contribution in [2.24, 2.45) is 0 Å². The Morgan fingerprint density at radius 2 is 1.48 bits per heavy atom. The molecule has 0 aromatic heterocycles. The van der Waals surface area contributed by atoms with Gasteiger partial charge in [-0.2, -0.15) is 0 Å². The third-order valence-electron chi connectivity index (χ3n) is 5.22. The Hall–Kier alpha value is -3.66. The highest BCUT2D eigenvalue weighted by molar-refractivity contribution is 6.22. The van der Waals surface area contributed by atoms with Gasteiger partial charge >= 0.3 is 5.97 Å². The molecule has 3 aromatic carbocycles. The lowest BCUT2D eigenvalue weighted by Gasteiger charge is -2.12. The van der Waals surface area contributed by atoms with Crippen LogP contribution in [0.15, 0.2) is 66.7 Å². The van der Waals surface area contributed by atoms with E-state index in [0.29, 0.717) is 22.4 Å². The fourth-order valence-corrected chi connectivity index (χ4v) is 3.37. The molecule has 0 N–H and O–H groups in total. The van der Waals surface area contributed by atoms with E-state index in [1.54, 1.807) is 13.2 Å². The van der Waals surface area contributed by atoms with Gasteiger partial charge in [0.25, 0.3) is 0 Å². The van der Waals surface area contributed by atoms with Crippen LogP contribution in [0.25, 0.3) is 11.6 Å². The van der Waals surface area contributed by atoms with E-state index in [1.807, 2.05) is 87.5 Å². The SMILES string of the molecule is COc1ccccc1C=C(C(=O)OCC(=O)c1cc(C)c(C)cc1C)c1ccccc1. The van der Waals surface area contributed by atoms with Crippen molar-refractivity contribution in [3.05, 3.63) is 100 Å². The maximum Gasteiger partial charge on any atom is 0.339 e. The zero-order chi connectivity index (χ0) is 22.4. The van der Waals surface area contributed by atoms with Gasteiger partial charge in [0.15, 0.2) is 6.61 Å². The molecule has 158 valence electrons. The van der Waals surface area contributed by atoms with E-state index in [4.69, 9.17) is 9.47 Å². The predicted octanol–water partition coefficient (Wildman–Crippen LogP) is 5.59. The number of aryl methyl sites for hydroxylation is 3. The summed E-state index contributed by atoms with van der Waals surface area (Å²) >= 11 is 0. The quantitative estimate of drug-likeness (QED) is 0.219. The Bertz CT molecular complexity index is 1130. The Balaban J connectivity index is 1.87. The Kier molecular flexibility index (Phi) is 7.03. The van der Waals surface area contributed by atoms with Crippen molar-refractivity contribution in [2.45, 2.75) is 20.8 Å². The van der Waals surface area contributed by atoms with Gasteiger partial charge in [-0.3, -0.25) is 4.79 Å². The van der Waals surface area contributed by atoms with Crippen LogP contribution in [-0.4, -0.2) is 25.5 Å². The van der Waals surface area contributed by atoms with E-state index in [2.05, 4.69) is 0 Å². The molecule has 0 spiro atoms. The highest BCUT2D eigenvalue weighted by atomic mass is 16.5. The van der Waals surface area contributed by atoms with Crippen molar-refractivity contribution in [1.82, 2.24) is 0 Å². The minimum Gasteiger partial charge on any atom is -0.496 e. The van der Waals surface area contributed by atoms with Crippen LogP contribution in [0.2, 0.25) is 0 Å². The fraction of sp³-hybridized carbons (Fsp3) is 0.185. The standard InChI is InChI=1S/C27H26O4/c1-18-14-20(3)23(15-19(18)2)25(28)17-31-27(29)24(21-10-6-5-7-11-21)16-22-12-8-9-13-26(22)30-4/h5-16H,17H2,1-4H3. The maximum atomic E-state index is 13.0. The molecule has 4 heteroatoms. The number of Topliss-reactive ketones (excluding diaryl/α,β-unsaturated/α-hetero) is 1. The highest BCUT2D eigenvalue weighted by Gasteiger charge is 2.18. The van der Waals surface area contributed by atoms with E-state index in [9.17, 15) is 9.59 Å². The summed E-state index contributed by atoms with van der Waals surface area (Å²) in [4.78, 5) is 25.7. The van der Waals surface area contributed by atoms with E-state index in [0.717, 1.165) is 22.3 Å². The van der Waals surface area contributed by atoms with Crippen LogP contribution < -0.4 is 4.74 Å². The topological polar surface area (TPSA) is 52.6 Å². The molecule has 3 rings (SSSR count). The molecular weight excluding hydrogens is 388 g/mol. The minimum atomic E-state index is -0.563. The second kappa shape index (κ2) is 9.90. The second-order valence-corrected chi connectivity index (χ2v) is 7.42. The number of para-hydroxylation sites is 1. The molecule has 0 bridgehead atoms. The number of benzene rings is 3. The molecule has 0 atom stereocenters. The van der Waals surface area contributed by atoms with Gasteiger partial charge in [0.1, 0.15) is 5.75 Å². The van der Waals surface area contributed by atoms with Gasteiger partial charge in [0.05, 0.1) is 12.7 Å². The summed E-state index contributed by atoms with van der Waals surface area (Å²) in [6.07, 6.45) is 1.72. The first-order valence-corrected chi connectivity index (χ1v) is 10.1. The summed E-state index contributed by atoms with van der Waals surface area (Å²) in [5, 5.41) is 0. The van der Waals surface area contributed by atoms with Crippen LogP contribution in [0.4, 0.5) is 0 Å². The van der Waals surface area contributed by atoms with Gasteiger partial charge in [-0.15, -0.1) is 0 Å². The van der Waals surface area contributed by atoms with Crippen molar-refractivity contribution >= 4 is 23.4 Å². The molecule has 0 heterocycles. The molecular formula is C27H26O4. The molecule has 0 saturated carbocycles. The number of hydrogen-bond acceptors (Lipinski definition) is 4. The van der Waals surface area contributed by atoms with Gasteiger partial charge in [0.2, 0.25) is 5.78 Å². The van der Waals surface area contributed by atoms with E-state index < -0.39 is 5.97 Å². The number of ether oxygens (including phenoxy) is 2. The average Bonchev–Trinajstić information content (AvgIpc) is 2.78. The lowest BCUT2D eigenvalue weighted by molar-refractivity contribution is -0.135. The number of hydrogen-bond donors (Lipinski definition) is 0. The normalized spacial score (nSPS) is 11.2. The third-order valence-corrected chi connectivity index (χ3v) is 5.22. The second-order valence-electron chi connectivity index (χ2n) is 7.42. The Morgan fingerprint density at radius 3 is 2.19 bits per heavy atom. The molecule has 0 fully saturated rings. The molecule has 0 amide bonds. The number of methoxy groups -OCH3 is 1. The molecule has 0 aliphatic carbocycles. The van der Waals surface area contributed by atoms with Crippen LogP contribution in [0.5, 0.6) is 5.75 Å². The van der Waals surface area contributed by atoms with E-state index in [-0.39, 0.29) is 12.4 Å². The van der Waals surface area contributed by atoms with Crippen molar-refractivity contribution in [1.29, 1.82) is 0 Å². The lowest BCUT2D eigenvalue weighted by Crippen LogP contribution is -2.16. The minimum absolute atomic E-state index is 0.223. The monoisotopic (exact) mass is 414 g/mol. The first kappa shape index (κ1) is 22.0. The first-order valence-electron chi connectivity index (χ1n) is 10.1. The summed E-state index contributed by atoms with van der Waals surface area (Å²) in [7, 11) is 1.58. The molecule has 0 radical (unpaired) electrons. The van der Waals surface area contributed by atoms with Crippen molar-refractivity contribution in [3.63, 3.8) is 0 Å². The average molecular weight is 415 g/mol. The Labute approximate surface area is 183 Å². The summed E-state index contributed by atoms with van der Waals surface area (Å²) < 4.78 is 10.8. The van der Waals surface area contributed by atoms with Crippen molar-refractivity contribution < 1.29 is 19.1 Å². The maximum absolute atomic E-state index is 13.0.